The lowest BCUT2D eigenvalue weighted by atomic mass is 9.88. The quantitative estimate of drug-likeness (QED) is 0.463. The summed E-state index contributed by atoms with van der Waals surface area (Å²) in [7, 11) is 0. The third-order valence-corrected chi connectivity index (χ3v) is 2.24. The molecule has 0 aromatic rings. The van der Waals surface area contributed by atoms with Crippen LogP contribution >= 0.6 is 0 Å². The van der Waals surface area contributed by atoms with Gasteiger partial charge in [-0.15, -0.1) is 0 Å². The van der Waals surface area contributed by atoms with Gasteiger partial charge in [-0.25, -0.2) is 0 Å². The molecule has 3 heteroatoms. The number of aldehydes is 1. The van der Waals surface area contributed by atoms with E-state index in [9.17, 15) is 9.59 Å². The molecule has 1 rings (SSSR count). The highest BCUT2D eigenvalue weighted by Crippen LogP contribution is 2.24. The van der Waals surface area contributed by atoms with Gasteiger partial charge in [0, 0.05) is 12.8 Å². The van der Waals surface area contributed by atoms with Gasteiger partial charge < -0.3 is 9.53 Å². The second-order valence-corrected chi connectivity index (χ2v) is 3.28. The van der Waals surface area contributed by atoms with Crippen molar-refractivity contribution < 1.29 is 14.3 Å². The van der Waals surface area contributed by atoms with Crippen molar-refractivity contribution in [3.8, 4) is 0 Å². The molecule has 0 saturated heterocycles. The van der Waals surface area contributed by atoms with Crippen molar-refractivity contribution in [1.29, 1.82) is 0 Å². The van der Waals surface area contributed by atoms with Crippen molar-refractivity contribution in [2.24, 2.45) is 5.92 Å². The van der Waals surface area contributed by atoms with Crippen molar-refractivity contribution >= 4 is 12.3 Å². The van der Waals surface area contributed by atoms with E-state index in [4.69, 9.17) is 4.74 Å². The van der Waals surface area contributed by atoms with E-state index in [1.165, 1.54) is 6.92 Å². The summed E-state index contributed by atoms with van der Waals surface area (Å²) in [5, 5.41) is 0. The second-order valence-electron chi connectivity index (χ2n) is 3.28. The van der Waals surface area contributed by atoms with Crippen LogP contribution in [0.4, 0.5) is 0 Å². The van der Waals surface area contributed by atoms with E-state index in [1.54, 1.807) is 0 Å². The molecule has 3 nitrogen and oxygen atoms in total. The summed E-state index contributed by atoms with van der Waals surface area (Å²) >= 11 is 0. The molecule has 0 bridgehead atoms. The Morgan fingerprint density at radius 1 is 1.33 bits per heavy atom. The zero-order chi connectivity index (χ0) is 8.97. The maximum absolute atomic E-state index is 10.6. The van der Waals surface area contributed by atoms with Crippen molar-refractivity contribution in [2.75, 3.05) is 0 Å². The van der Waals surface area contributed by atoms with Gasteiger partial charge >= 0.3 is 5.97 Å². The first kappa shape index (κ1) is 9.23. The van der Waals surface area contributed by atoms with E-state index in [0.717, 1.165) is 32.0 Å². The molecule has 0 aliphatic heterocycles. The van der Waals surface area contributed by atoms with Gasteiger partial charge in [0.25, 0.3) is 0 Å². The predicted octanol–water partition coefficient (Wildman–Crippen LogP) is 1.31. The van der Waals surface area contributed by atoms with Gasteiger partial charge in [-0.3, -0.25) is 4.79 Å². The van der Waals surface area contributed by atoms with Gasteiger partial charge in [0.1, 0.15) is 12.4 Å². The van der Waals surface area contributed by atoms with Crippen LogP contribution in [-0.2, 0) is 14.3 Å². The Bertz CT molecular complexity index is 169. The zero-order valence-electron chi connectivity index (χ0n) is 7.29. The summed E-state index contributed by atoms with van der Waals surface area (Å²) in [6.45, 7) is 1.42. The minimum absolute atomic E-state index is 0.0544. The maximum atomic E-state index is 10.6. The topological polar surface area (TPSA) is 43.4 Å². The summed E-state index contributed by atoms with van der Waals surface area (Å²) in [6, 6.07) is 0. The Morgan fingerprint density at radius 2 is 1.92 bits per heavy atom. The smallest absolute Gasteiger partial charge is 0.302 e. The van der Waals surface area contributed by atoms with Crippen LogP contribution in [0.1, 0.15) is 32.6 Å². The normalized spacial score (nSPS) is 29.4. The lowest BCUT2D eigenvalue weighted by molar-refractivity contribution is -0.148. The molecule has 68 valence electrons. The van der Waals surface area contributed by atoms with Crippen LogP contribution in [0.25, 0.3) is 0 Å². The molecule has 1 saturated carbocycles. The van der Waals surface area contributed by atoms with Gasteiger partial charge in [-0.1, -0.05) is 0 Å². The van der Waals surface area contributed by atoms with Crippen LogP contribution in [-0.4, -0.2) is 18.4 Å². The van der Waals surface area contributed by atoms with Crippen LogP contribution in [0.5, 0.6) is 0 Å². The molecule has 1 fully saturated rings. The van der Waals surface area contributed by atoms with E-state index >= 15 is 0 Å². The maximum Gasteiger partial charge on any atom is 0.302 e. The highest BCUT2D eigenvalue weighted by molar-refractivity contribution is 5.66. The van der Waals surface area contributed by atoms with Gasteiger partial charge in [0.2, 0.25) is 0 Å². The van der Waals surface area contributed by atoms with E-state index < -0.39 is 0 Å². The van der Waals surface area contributed by atoms with Crippen LogP contribution in [0, 0.1) is 5.92 Å². The van der Waals surface area contributed by atoms with Gasteiger partial charge in [-0.2, -0.15) is 0 Å². The molecule has 0 N–H and O–H groups in total. The monoisotopic (exact) mass is 170 g/mol. The Labute approximate surface area is 72.1 Å². The lowest BCUT2D eigenvalue weighted by Gasteiger charge is -2.24. The first-order chi connectivity index (χ1) is 5.72. The van der Waals surface area contributed by atoms with E-state index in [2.05, 4.69) is 0 Å². The van der Waals surface area contributed by atoms with E-state index in [-0.39, 0.29) is 18.0 Å². The number of rotatable bonds is 2. The summed E-state index contributed by atoms with van der Waals surface area (Å²) < 4.78 is 5.03. The largest absolute Gasteiger partial charge is 0.463 e. The number of ether oxygens (including phenoxy) is 1. The van der Waals surface area contributed by atoms with Crippen molar-refractivity contribution in [1.82, 2.24) is 0 Å². The number of hydrogen-bond donors (Lipinski definition) is 0. The molecule has 0 aromatic carbocycles. The number of esters is 1. The lowest BCUT2D eigenvalue weighted by Crippen LogP contribution is -2.23. The standard InChI is InChI=1S/C9H14O3/c1-7(11)12-9-4-2-8(6-10)3-5-9/h6,8-9H,2-5H2,1H3. The van der Waals surface area contributed by atoms with Crippen molar-refractivity contribution in [3.63, 3.8) is 0 Å². The van der Waals surface area contributed by atoms with Crippen LogP contribution in [0.3, 0.4) is 0 Å². The fraction of sp³-hybridized carbons (Fsp3) is 0.778. The molecule has 0 heterocycles. The van der Waals surface area contributed by atoms with Gasteiger partial charge in [0.15, 0.2) is 0 Å². The molecule has 0 spiro atoms. The van der Waals surface area contributed by atoms with Crippen LogP contribution < -0.4 is 0 Å². The highest BCUT2D eigenvalue weighted by Gasteiger charge is 2.22. The first-order valence-electron chi connectivity index (χ1n) is 4.35. The van der Waals surface area contributed by atoms with Gasteiger partial charge in [-0.05, 0) is 25.7 Å². The molecular formula is C9H14O3. The summed E-state index contributed by atoms with van der Waals surface area (Å²) in [4.78, 5) is 21.0. The van der Waals surface area contributed by atoms with Crippen LogP contribution in [0.15, 0.2) is 0 Å². The molecule has 0 atom stereocenters. The Hall–Kier alpha value is -0.860. The van der Waals surface area contributed by atoms with Gasteiger partial charge in [0.05, 0.1) is 0 Å². The van der Waals surface area contributed by atoms with Crippen molar-refractivity contribution in [3.05, 3.63) is 0 Å². The molecule has 1 aliphatic rings. The molecule has 12 heavy (non-hydrogen) atoms. The van der Waals surface area contributed by atoms with Crippen LogP contribution in [0.2, 0.25) is 0 Å². The average molecular weight is 170 g/mol. The molecule has 0 unspecified atom stereocenters. The first-order valence-corrected chi connectivity index (χ1v) is 4.35. The Balaban J connectivity index is 2.26. The minimum Gasteiger partial charge on any atom is -0.463 e. The summed E-state index contributed by atoms with van der Waals surface area (Å²) in [5.41, 5.74) is 0. The SMILES string of the molecule is CC(=O)OC1CCC(C=O)CC1. The third kappa shape index (κ3) is 2.64. The number of carbonyl (C=O) groups excluding carboxylic acids is 2. The second kappa shape index (κ2) is 4.24. The van der Waals surface area contributed by atoms with Crippen molar-refractivity contribution in [2.45, 2.75) is 38.7 Å². The fourth-order valence-corrected chi connectivity index (χ4v) is 1.58. The molecule has 0 radical (unpaired) electrons. The molecule has 0 amide bonds. The molecule has 1 aliphatic carbocycles. The summed E-state index contributed by atoms with van der Waals surface area (Å²) in [5.74, 6) is -0.0265. The third-order valence-electron chi connectivity index (χ3n) is 2.24. The van der Waals surface area contributed by atoms with E-state index in [1.807, 2.05) is 0 Å². The number of hydrogen-bond acceptors (Lipinski definition) is 3. The fourth-order valence-electron chi connectivity index (χ4n) is 1.58. The predicted molar refractivity (Wildman–Crippen MR) is 43.6 cm³/mol. The Morgan fingerprint density at radius 3 is 2.33 bits per heavy atom. The van der Waals surface area contributed by atoms with E-state index in [0.29, 0.717) is 0 Å². The Kier molecular flexibility index (Phi) is 3.26. The molecule has 0 aromatic heterocycles. The molecular weight excluding hydrogens is 156 g/mol. The number of carbonyl (C=O) groups is 2. The average Bonchev–Trinajstić information content (AvgIpc) is 2.05. The summed E-state index contributed by atoms with van der Waals surface area (Å²) in [6.07, 6.45) is 4.46. The minimum atomic E-state index is -0.218. The highest BCUT2D eigenvalue weighted by atomic mass is 16.5. The zero-order valence-corrected chi connectivity index (χ0v) is 7.29.